The lowest BCUT2D eigenvalue weighted by Crippen LogP contribution is -2.23. The lowest BCUT2D eigenvalue weighted by Gasteiger charge is -2.01. The Hall–Kier alpha value is -2.60. The third-order valence-electron chi connectivity index (χ3n) is 2.76. The van der Waals surface area contributed by atoms with Gasteiger partial charge >= 0.3 is 0 Å². The van der Waals surface area contributed by atoms with Crippen molar-refractivity contribution in [2.24, 2.45) is 0 Å². The van der Waals surface area contributed by atoms with Crippen molar-refractivity contribution >= 4 is 17.2 Å². The molecular formula is C15H12N4OS. The van der Waals surface area contributed by atoms with Crippen LogP contribution in [0, 0.1) is 0 Å². The summed E-state index contributed by atoms with van der Waals surface area (Å²) < 4.78 is 0. The first-order valence-corrected chi connectivity index (χ1v) is 7.26. The van der Waals surface area contributed by atoms with E-state index in [1.807, 2.05) is 23.6 Å². The number of nitrogens with one attached hydrogen (secondary N) is 1. The highest BCUT2D eigenvalue weighted by Gasteiger charge is 2.08. The van der Waals surface area contributed by atoms with E-state index in [1.54, 1.807) is 30.6 Å². The summed E-state index contributed by atoms with van der Waals surface area (Å²) in [5, 5.41) is 5.57. The second-order valence-electron chi connectivity index (χ2n) is 4.26. The van der Waals surface area contributed by atoms with Crippen LogP contribution in [0.3, 0.4) is 0 Å². The first kappa shape index (κ1) is 13.4. The number of rotatable bonds is 4. The van der Waals surface area contributed by atoms with Crippen molar-refractivity contribution in [2.45, 2.75) is 6.54 Å². The molecule has 0 aromatic carbocycles. The average molecular weight is 296 g/mol. The van der Waals surface area contributed by atoms with Gasteiger partial charge in [-0.2, -0.15) is 0 Å². The molecule has 0 aliphatic heterocycles. The van der Waals surface area contributed by atoms with Gasteiger partial charge in [0, 0.05) is 17.8 Å². The Morgan fingerprint density at radius 2 is 1.90 bits per heavy atom. The van der Waals surface area contributed by atoms with Crippen molar-refractivity contribution in [3.63, 3.8) is 0 Å². The number of carbonyl (C=O) groups is 1. The van der Waals surface area contributed by atoms with Crippen LogP contribution in [0.25, 0.3) is 10.7 Å². The summed E-state index contributed by atoms with van der Waals surface area (Å²) >= 11 is 1.51. The quantitative estimate of drug-likeness (QED) is 0.803. The number of hydrogen-bond donors (Lipinski definition) is 1. The van der Waals surface area contributed by atoms with Gasteiger partial charge < -0.3 is 5.32 Å². The van der Waals surface area contributed by atoms with E-state index in [0.717, 1.165) is 16.4 Å². The summed E-state index contributed by atoms with van der Waals surface area (Å²) in [5.41, 5.74) is 2.05. The van der Waals surface area contributed by atoms with Crippen molar-refractivity contribution < 1.29 is 4.79 Å². The van der Waals surface area contributed by atoms with Gasteiger partial charge in [-0.25, -0.2) is 4.98 Å². The molecule has 0 fully saturated rings. The van der Waals surface area contributed by atoms with Crippen LogP contribution in [-0.2, 0) is 6.54 Å². The molecule has 1 N–H and O–H groups in total. The zero-order valence-corrected chi connectivity index (χ0v) is 11.9. The lowest BCUT2D eigenvalue weighted by atomic mass is 10.3. The molecule has 21 heavy (non-hydrogen) atoms. The van der Waals surface area contributed by atoms with E-state index in [-0.39, 0.29) is 5.91 Å². The molecule has 6 heteroatoms. The summed E-state index contributed by atoms with van der Waals surface area (Å²) in [4.78, 5) is 24.6. The molecule has 0 saturated heterocycles. The normalized spacial score (nSPS) is 10.3. The Morgan fingerprint density at radius 1 is 1.10 bits per heavy atom. The largest absolute Gasteiger partial charge is 0.345 e. The first-order valence-electron chi connectivity index (χ1n) is 6.38. The van der Waals surface area contributed by atoms with E-state index in [9.17, 15) is 4.79 Å². The van der Waals surface area contributed by atoms with E-state index in [4.69, 9.17) is 0 Å². The maximum atomic E-state index is 11.9. The maximum absolute atomic E-state index is 11.9. The van der Waals surface area contributed by atoms with Gasteiger partial charge in [0.15, 0.2) is 0 Å². The fourth-order valence-corrected chi connectivity index (χ4v) is 2.55. The third-order valence-corrected chi connectivity index (χ3v) is 3.68. The van der Waals surface area contributed by atoms with Crippen molar-refractivity contribution in [2.75, 3.05) is 0 Å². The molecule has 104 valence electrons. The predicted octanol–water partition coefficient (Wildman–Crippen LogP) is 2.53. The van der Waals surface area contributed by atoms with Crippen LogP contribution in [0.15, 0.2) is 54.2 Å². The summed E-state index contributed by atoms with van der Waals surface area (Å²) in [7, 11) is 0. The number of amides is 1. The fourth-order valence-electron chi connectivity index (χ4n) is 1.75. The molecule has 5 nitrogen and oxygen atoms in total. The van der Waals surface area contributed by atoms with Crippen LogP contribution in [0.1, 0.15) is 16.2 Å². The number of carbonyl (C=O) groups excluding carboxylic acids is 1. The van der Waals surface area contributed by atoms with Crippen molar-refractivity contribution in [1.29, 1.82) is 0 Å². The predicted molar refractivity (Wildman–Crippen MR) is 80.8 cm³/mol. The van der Waals surface area contributed by atoms with Gasteiger partial charge in [-0.05, 0) is 24.3 Å². The number of hydrogen-bond acceptors (Lipinski definition) is 5. The molecule has 0 bridgehead atoms. The molecule has 3 aromatic heterocycles. The van der Waals surface area contributed by atoms with Crippen molar-refractivity contribution in [3.05, 3.63) is 65.6 Å². The summed E-state index contributed by atoms with van der Waals surface area (Å²) in [6.45, 7) is 0.374. The van der Waals surface area contributed by atoms with E-state index in [2.05, 4.69) is 20.3 Å². The van der Waals surface area contributed by atoms with Gasteiger partial charge in [-0.15, -0.1) is 11.3 Å². The lowest BCUT2D eigenvalue weighted by molar-refractivity contribution is 0.0945. The molecule has 0 atom stereocenters. The van der Waals surface area contributed by atoms with Gasteiger partial charge in [0.1, 0.15) is 10.7 Å². The van der Waals surface area contributed by atoms with Gasteiger partial charge in [0.25, 0.3) is 5.91 Å². The number of pyridine rings is 2. The minimum Gasteiger partial charge on any atom is -0.345 e. The Balaban J connectivity index is 1.64. The molecule has 0 saturated carbocycles. The Bertz CT molecular complexity index is 728. The third kappa shape index (κ3) is 3.29. The Morgan fingerprint density at radius 3 is 2.62 bits per heavy atom. The van der Waals surface area contributed by atoms with Gasteiger partial charge in [0.2, 0.25) is 0 Å². The Kier molecular flexibility index (Phi) is 3.97. The second kappa shape index (κ2) is 6.23. The molecule has 0 radical (unpaired) electrons. The van der Waals surface area contributed by atoms with Crippen LogP contribution in [-0.4, -0.2) is 20.9 Å². The molecule has 3 heterocycles. The molecular weight excluding hydrogens is 284 g/mol. The second-order valence-corrected chi connectivity index (χ2v) is 5.11. The topological polar surface area (TPSA) is 67.8 Å². The van der Waals surface area contributed by atoms with Crippen LogP contribution in [0.5, 0.6) is 0 Å². The Labute approximate surface area is 125 Å². The van der Waals surface area contributed by atoms with Crippen LogP contribution >= 0.6 is 11.3 Å². The molecule has 1 amide bonds. The number of thiazole rings is 1. The summed E-state index contributed by atoms with van der Waals surface area (Å²) in [6.07, 6.45) is 3.33. The van der Waals surface area contributed by atoms with E-state index in [0.29, 0.717) is 12.2 Å². The average Bonchev–Trinajstić information content (AvgIpc) is 3.03. The van der Waals surface area contributed by atoms with Crippen LogP contribution in [0.4, 0.5) is 0 Å². The molecule has 3 rings (SSSR count). The molecule has 0 spiro atoms. The minimum atomic E-state index is -0.206. The van der Waals surface area contributed by atoms with Crippen molar-refractivity contribution in [1.82, 2.24) is 20.3 Å². The van der Waals surface area contributed by atoms with Crippen LogP contribution < -0.4 is 5.32 Å². The minimum absolute atomic E-state index is 0.206. The number of nitrogens with zero attached hydrogens (tertiary/aromatic N) is 3. The first-order chi connectivity index (χ1) is 10.3. The monoisotopic (exact) mass is 296 g/mol. The summed E-state index contributed by atoms with van der Waals surface area (Å²) in [6, 6.07) is 10.9. The molecule has 0 aliphatic carbocycles. The van der Waals surface area contributed by atoms with Gasteiger partial charge in [-0.3, -0.25) is 14.8 Å². The molecule has 3 aromatic rings. The maximum Gasteiger partial charge on any atom is 0.270 e. The summed E-state index contributed by atoms with van der Waals surface area (Å²) in [5.74, 6) is -0.206. The zero-order chi connectivity index (χ0) is 14.5. The molecule has 0 aliphatic rings. The smallest absolute Gasteiger partial charge is 0.270 e. The van der Waals surface area contributed by atoms with Crippen LogP contribution in [0.2, 0.25) is 0 Å². The standard InChI is InChI=1S/C15H12N4OS/c20-14(12-5-1-3-7-16-12)18-9-11-10-21-15(19-11)13-6-2-4-8-17-13/h1-8,10H,9H2,(H,18,20). The van der Waals surface area contributed by atoms with E-state index in [1.165, 1.54) is 11.3 Å². The SMILES string of the molecule is O=C(NCc1csc(-c2ccccn2)n1)c1ccccn1. The van der Waals surface area contributed by atoms with Gasteiger partial charge in [0.05, 0.1) is 17.9 Å². The van der Waals surface area contributed by atoms with E-state index >= 15 is 0 Å². The highest BCUT2D eigenvalue weighted by Crippen LogP contribution is 2.21. The highest BCUT2D eigenvalue weighted by molar-refractivity contribution is 7.13. The zero-order valence-electron chi connectivity index (χ0n) is 11.1. The number of aromatic nitrogens is 3. The fraction of sp³-hybridized carbons (Fsp3) is 0.0667. The van der Waals surface area contributed by atoms with Gasteiger partial charge in [-0.1, -0.05) is 12.1 Å². The highest BCUT2D eigenvalue weighted by atomic mass is 32.1. The van der Waals surface area contributed by atoms with E-state index < -0.39 is 0 Å². The van der Waals surface area contributed by atoms with Crippen molar-refractivity contribution in [3.8, 4) is 10.7 Å². The molecule has 0 unspecified atom stereocenters.